The van der Waals surface area contributed by atoms with Gasteiger partial charge in [-0.2, -0.15) is 0 Å². The van der Waals surface area contributed by atoms with Crippen molar-refractivity contribution in [3.63, 3.8) is 0 Å². The molecule has 2 aromatic rings. The van der Waals surface area contributed by atoms with Gasteiger partial charge in [-0.05, 0) is 41.8 Å². The van der Waals surface area contributed by atoms with Crippen LogP contribution in [0.4, 0.5) is 0 Å². The van der Waals surface area contributed by atoms with Gasteiger partial charge in [0.05, 0.1) is 7.11 Å². The third kappa shape index (κ3) is 6.12. The van der Waals surface area contributed by atoms with E-state index in [2.05, 4.69) is 5.32 Å². The highest BCUT2D eigenvalue weighted by Gasteiger charge is 2.18. The lowest BCUT2D eigenvalue weighted by atomic mass is 10.0. The predicted octanol–water partition coefficient (Wildman–Crippen LogP) is 2.49. The van der Waals surface area contributed by atoms with Crippen LogP contribution in [0.1, 0.15) is 17.5 Å². The van der Waals surface area contributed by atoms with E-state index in [4.69, 9.17) is 22.1 Å². The van der Waals surface area contributed by atoms with Crippen LogP contribution in [0.15, 0.2) is 48.5 Å². The van der Waals surface area contributed by atoms with Gasteiger partial charge < -0.3 is 15.8 Å². The van der Waals surface area contributed by atoms with Crippen molar-refractivity contribution in [3.05, 3.63) is 64.7 Å². The highest BCUT2D eigenvalue weighted by molar-refractivity contribution is 6.30. The molecule has 0 aliphatic carbocycles. The van der Waals surface area contributed by atoms with Gasteiger partial charge in [0.1, 0.15) is 11.8 Å². The zero-order valence-electron chi connectivity index (χ0n) is 14.0. The van der Waals surface area contributed by atoms with E-state index in [9.17, 15) is 9.59 Å². The van der Waals surface area contributed by atoms with Crippen LogP contribution in [0.3, 0.4) is 0 Å². The summed E-state index contributed by atoms with van der Waals surface area (Å²) in [6.45, 7) is 0. The summed E-state index contributed by atoms with van der Waals surface area (Å²) in [5.41, 5.74) is 7.29. The molecule has 132 valence electrons. The molecule has 6 heteroatoms. The first kappa shape index (κ1) is 18.8. The Bertz CT molecular complexity index is 732. The van der Waals surface area contributed by atoms with Crippen LogP contribution in [-0.2, 0) is 22.4 Å². The minimum atomic E-state index is -0.759. The SMILES string of the molecule is COc1cccc(C[C@H](NC(=O)CCc2ccc(Cl)cc2)C(N)=O)c1. The van der Waals surface area contributed by atoms with Gasteiger partial charge in [-0.3, -0.25) is 9.59 Å². The second kappa shape index (κ2) is 9.08. The lowest BCUT2D eigenvalue weighted by Crippen LogP contribution is -2.45. The molecule has 0 fully saturated rings. The molecule has 0 saturated heterocycles. The van der Waals surface area contributed by atoms with E-state index in [1.54, 1.807) is 19.2 Å². The van der Waals surface area contributed by atoms with Gasteiger partial charge in [-0.15, -0.1) is 0 Å². The normalized spacial score (nSPS) is 11.6. The summed E-state index contributed by atoms with van der Waals surface area (Å²) in [6, 6.07) is 13.9. The van der Waals surface area contributed by atoms with Crippen LogP contribution in [0.5, 0.6) is 5.75 Å². The van der Waals surface area contributed by atoms with Crippen LogP contribution in [-0.4, -0.2) is 25.0 Å². The number of carbonyl (C=O) groups excluding carboxylic acids is 2. The van der Waals surface area contributed by atoms with Crippen LogP contribution >= 0.6 is 11.6 Å². The molecule has 3 N–H and O–H groups in total. The molecule has 0 spiro atoms. The number of primary amides is 1. The smallest absolute Gasteiger partial charge is 0.240 e. The van der Waals surface area contributed by atoms with E-state index in [1.165, 1.54) is 0 Å². The van der Waals surface area contributed by atoms with Gasteiger partial charge in [0.15, 0.2) is 0 Å². The number of hydrogen-bond donors (Lipinski definition) is 2. The van der Waals surface area contributed by atoms with E-state index in [0.717, 1.165) is 11.1 Å². The number of rotatable bonds is 8. The second-order valence-electron chi connectivity index (χ2n) is 5.70. The molecular weight excluding hydrogens is 340 g/mol. The molecule has 0 unspecified atom stereocenters. The molecule has 0 aromatic heterocycles. The first-order valence-electron chi connectivity index (χ1n) is 7.94. The molecule has 0 aliphatic heterocycles. The van der Waals surface area contributed by atoms with Crippen molar-refractivity contribution in [1.82, 2.24) is 5.32 Å². The van der Waals surface area contributed by atoms with E-state index >= 15 is 0 Å². The molecule has 5 nitrogen and oxygen atoms in total. The van der Waals surface area contributed by atoms with Crippen LogP contribution in [0, 0.1) is 0 Å². The minimum Gasteiger partial charge on any atom is -0.497 e. The molecule has 25 heavy (non-hydrogen) atoms. The van der Waals surface area contributed by atoms with Gasteiger partial charge in [-0.1, -0.05) is 35.9 Å². The fourth-order valence-corrected chi connectivity index (χ4v) is 2.56. The van der Waals surface area contributed by atoms with Crippen LogP contribution in [0.25, 0.3) is 0 Å². The number of aryl methyl sites for hydroxylation is 1. The number of methoxy groups -OCH3 is 1. The zero-order valence-corrected chi connectivity index (χ0v) is 14.8. The van der Waals surface area contributed by atoms with Crippen molar-refractivity contribution < 1.29 is 14.3 Å². The van der Waals surface area contributed by atoms with Crippen LogP contribution < -0.4 is 15.8 Å². The molecule has 0 heterocycles. The first-order chi connectivity index (χ1) is 12.0. The van der Waals surface area contributed by atoms with E-state index in [1.807, 2.05) is 36.4 Å². The molecule has 2 rings (SSSR count). The van der Waals surface area contributed by atoms with Gasteiger partial charge >= 0.3 is 0 Å². The first-order valence-corrected chi connectivity index (χ1v) is 8.32. The Morgan fingerprint density at radius 1 is 1.16 bits per heavy atom. The van der Waals surface area contributed by atoms with Crippen LogP contribution in [0.2, 0.25) is 5.02 Å². The quantitative estimate of drug-likeness (QED) is 0.758. The zero-order chi connectivity index (χ0) is 18.2. The molecule has 2 aromatic carbocycles. The Morgan fingerprint density at radius 2 is 1.88 bits per heavy atom. The number of hydrogen-bond acceptors (Lipinski definition) is 3. The Balaban J connectivity index is 1.92. The number of halogens is 1. The average molecular weight is 361 g/mol. The number of ether oxygens (including phenoxy) is 1. The number of nitrogens with two attached hydrogens (primary N) is 1. The number of benzene rings is 2. The van der Waals surface area contributed by atoms with Crippen molar-refractivity contribution in [2.45, 2.75) is 25.3 Å². The predicted molar refractivity (Wildman–Crippen MR) is 97.6 cm³/mol. The summed E-state index contributed by atoms with van der Waals surface area (Å²) in [4.78, 5) is 23.8. The van der Waals surface area contributed by atoms with E-state index in [0.29, 0.717) is 23.6 Å². The maximum atomic E-state index is 12.1. The van der Waals surface area contributed by atoms with Gasteiger partial charge in [0.25, 0.3) is 0 Å². The summed E-state index contributed by atoms with van der Waals surface area (Å²) in [7, 11) is 1.57. The molecular formula is C19H21ClN2O3. The maximum Gasteiger partial charge on any atom is 0.240 e. The van der Waals surface area contributed by atoms with Crippen molar-refractivity contribution in [2.24, 2.45) is 5.73 Å². The molecule has 0 radical (unpaired) electrons. The van der Waals surface area contributed by atoms with Gasteiger partial charge in [0.2, 0.25) is 11.8 Å². The summed E-state index contributed by atoms with van der Waals surface area (Å²) < 4.78 is 5.16. The Kier molecular flexibility index (Phi) is 6.83. The van der Waals surface area contributed by atoms with Crippen molar-refractivity contribution in [1.29, 1.82) is 0 Å². The third-order valence-corrected chi connectivity index (χ3v) is 4.06. The highest BCUT2D eigenvalue weighted by atomic mass is 35.5. The lowest BCUT2D eigenvalue weighted by molar-refractivity contribution is -0.127. The minimum absolute atomic E-state index is 0.221. The Labute approximate surface area is 152 Å². The summed E-state index contributed by atoms with van der Waals surface area (Å²) in [6.07, 6.45) is 1.15. The van der Waals surface area contributed by atoms with E-state index in [-0.39, 0.29) is 12.3 Å². The number of amides is 2. The van der Waals surface area contributed by atoms with E-state index < -0.39 is 11.9 Å². The maximum absolute atomic E-state index is 12.1. The third-order valence-electron chi connectivity index (χ3n) is 3.81. The molecule has 2 amide bonds. The highest BCUT2D eigenvalue weighted by Crippen LogP contribution is 2.14. The fraction of sp³-hybridized carbons (Fsp3) is 0.263. The Hall–Kier alpha value is -2.53. The van der Waals surface area contributed by atoms with Gasteiger partial charge in [0, 0.05) is 17.9 Å². The van der Waals surface area contributed by atoms with Gasteiger partial charge in [-0.25, -0.2) is 0 Å². The molecule has 1 atom stereocenters. The number of carbonyl (C=O) groups is 2. The lowest BCUT2D eigenvalue weighted by Gasteiger charge is -2.16. The molecule has 0 bridgehead atoms. The summed E-state index contributed by atoms with van der Waals surface area (Å²) in [5.74, 6) is -0.0981. The van der Waals surface area contributed by atoms with Crippen molar-refractivity contribution in [3.8, 4) is 5.75 Å². The summed E-state index contributed by atoms with van der Waals surface area (Å²) >= 11 is 5.84. The summed E-state index contributed by atoms with van der Waals surface area (Å²) in [5, 5.41) is 3.36. The topological polar surface area (TPSA) is 81.4 Å². The molecule has 0 aliphatic rings. The molecule has 0 saturated carbocycles. The number of nitrogens with one attached hydrogen (secondary N) is 1. The van der Waals surface area contributed by atoms with Crippen molar-refractivity contribution in [2.75, 3.05) is 7.11 Å². The standard InChI is InChI=1S/C19H21ClN2O3/c1-25-16-4-2-3-14(11-16)12-17(19(21)24)22-18(23)10-7-13-5-8-15(20)9-6-13/h2-6,8-9,11,17H,7,10,12H2,1H3,(H2,21,24)(H,22,23)/t17-/m0/s1. The largest absolute Gasteiger partial charge is 0.497 e. The average Bonchev–Trinajstić information content (AvgIpc) is 2.60. The second-order valence-corrected chi connectivity index (χ2v) is 6.14. The fourth-order valence-electron chi connectivity index (χ4n) is 2.43. The Morgan fingerprint density at radius 3 is 2.52 bits per heavy atom. The monoisotopic (exact) mass is 360 g/mol. The van der Waals surface area contributed by atoms with Crippen molar-refractivity contribution >= 4 is 23.4 Å².